The number of rotatable bonds is 12. The molecule has 0 aromatic carbocycles. The molecule has 0 bridgehead atoms. The molecule has 4 unspecified atom stereocenters. The van der Waals surface area contributed by atoms with Gasteiger partial charge in [0.15, 0.2) is 5.96 Å². The highest BCUT2D eigenvalue weighted by Crippen LogP contribution is 2.18. The van der Waals surface area contributed by atoms with Gasteiger partial charge in [0, 0.05) is 18.8 Å². The average molecular weight is 462 g/mol. The number of aliphatic hydroxyl groups is 1. The fourth-order valence-electron chi connectivity index (χ4n) is 3.07. The van der Waals surface area contributed by atoms with Crippen LogP contribution in [0.15, 0.2) is 4.99 Å². The zero-order chi connectivity index (χ0) is 23.6. The van der Waals surface area contributed by atoms with Gasteiger partial charge in [-0.1, -0.05) is 0 Å². The normalized spacial score (nSPS) is 18.5. The van der Waals surface area contributed by atoms with E-state index in [0.29, 0.717) is 19.3 Å². The topological polar surface area (TPSA) is 226 Å². The molecule has 1 saturated heterocycles. The molecular weight excluding hydrogens is 430 g/mol. The predicted octanol–water partition coefficient (Wildman–Crippen LogP) is -3.67. The summed E-state index contributed by atoms with van der Waals surface area (Å²) < 4.78 is 0. The first-order valence-electron chi connectivity index (χ1n) is 9.79. The summed E-state index contributed by atoms with van der Waals surface area (Å²) in [6.45, 7) is -0.190. The number of hydrogen-bond acceptors (Lipinski definition) is 8. The summed E-state index contributed by atoms with van der Waals surface area (Å²) in [6, 6.07) is -4.38. The number of nitrogens with one attached hydrogen (secondary N) is 2. The summed E-state index contributed by atoms with van der Waals surface area (Å²) in [7, 11) is 0. The Morgan fingerprint density at radius 1 is 1.16 bits per heavy atom. The lowest BCUT2D eigenvalue weighted by Crippen LogP contribution is -2.58. The molecule has 0 radical (unpaired) electrons. The van der Waals surface area contributed by atoms with Crippen LogP contribution in [-0.4, -0.2) is 94.4 Å². The van der Waals surface area contributed by atoms with Gasteiger partial charge in [-0.2, -0.15) is 12.6 Å². The minimum atomic E-state index is -1.35. The van der Waals surface area contributed by atoms with Crippen molar-refractivity contribution in [2.75, 3.05) is 25.4 Å². The number of likely N-dealkylation sites (tertiary alicyclic amines) is 1. The number of carboxylic acid groups (broad SMARTS) is 1. The molecule has 0 aromatic rings. The first kappa shape index (κ1) is 26.5. The maximum absolute atomic E-state index is 12.7. The van der Waals surface area contributed by atoms with E-state index in [-0.39, 0.29) is 31.2 Å². The summed E-state index contributed by atoms with van der Waals surface area (Å²) in [4.78, 5) is 53.6. The molecule has 1 heterocycles. The number of amides is 3. The quantitative estimate of drug-likeness (QED) is 0.0619. The van der Waals surface area contributed by atoms with E-state index in [0.717, 1.165) is 0 Å². The van der Waals surface area contributed by atoms with E-state index in [1.807, 2.05) is 0 Å². The number of thiol groups is 1. The number of carbonyl (C=O) groups is 4. The van der Waals surface area contributed by atoms with E-state index >= 15 is 0 Å². The van der Waals surface area contributed by atoms with Crippen molar-refractivity contribution in [3.05, 3.63) is 0 Å². The Morgan fingerprint density at radius 2 is 1.81 bits per heavy atom. The summed E-state index contributed by atoms with van der Waals surface area (Å²) in [6.07, 6.45) is 1.53. The van der Waals surface area contributed by atoms with Crippen LogP contribution in [0.3, 0.4) is 0 Å². The molecule has 13 nitrogen and oxygen atoms in total. The molecule has 0 aromatic heterocycles. The highest BCUT2D eigenvalue weighted by Gasteiger charge is 2.37. The van der Waals surface area contributed by atoms with Crippen LogP contribution in [-0.2, 0) is 19.2 Å². The first-order chi connectivity index (χ1) is 14.6. The van der Waals surface area contributed by atoms with Crippen LogP contribution in [0.25, 0.3) is 0 Å². The lowest BCUT2D eigenvalue weighted by atomic mass is 10.1. The molecule has 14 heteroatoms. The number of nitrogens with zero attached hydrogens (tertiary/aromatic N) is 2. The third kappa shape index (κ3) is 8.22. The Bertz CT molecular complexity index is 688. The van der Waals surface area contributed by atoms with Crippen molar-refractivity contribution in [1.82, 2.24) is 15.5 Å². The predicted molar refractivity (Wildman–Crippen MR) is 115 cm³/mol. The van der Waals surface area contributed by atoms with Crippen molar-refractivity contribution in [3.8, 4) is 0 Å². The van der Waals surface area contributed by atoms with Gasteiger partial charge in [-0.3, -0.25) is 19.4 Å². The van der Waals surface area contributed by atoms with Crippen molar-refractivity contribution in [2.24, 2.45) is 22.2 Å². The van der Waals surface area contributed by atoms with Crippen molar-refractivity contribution >= 4 is 42.3 Å². The van der Waals surface area contributed by atoms with Gasteiger partial charge in [0.2, 0.25) is 17.7 Å². The van der Waals surface area contributed by atoms with Crippen LogP contribution >= 0.6 is 12.6 Å². The highest BCUT2D eigenvalue weighted by molar-refractivity contribution is 7.80. The van der Waals surface area contributed by atoms with Crippen molar-refractivity contribution < 1.29 is 29.4 Å². The minimum absolute atomic E-state index is 0.0769. The Hall–Kier alpha value is -2.58. The van der Waals surface area contributed by atoms with E-state index < -0.39 is 54.5 Å². The molecule has 31 heavy (non-hydrogen) atoms. The number of carbonyl (C=O) groups excluding carboxylic acids is 3. The molecule has 1 fully saturated rings. The van der Waals surface area contributed by atoms with Gasteiger partial charge < -0.3 is 42.9 Å². The van der Waals surface area contributed by atoms with E-state index in [1.165, 1.54) is 4.90 Å². The fourth-order valence-corrected chi connectivity index (χ4v) is 3.32. The van der Waals surface area contributed by atoms with Gasteiger partial charge in [-0.15, -0.1) is 0 Å². The van der Waals surface area contributed by atoms with Crippen LogP contribution in [0.1, 0.15) is 25.7 Å². The number of hydrogen-bond donors (Lipinski definition) is 8. The highest BCUT2D eigenvalue weighted by atomic mass is 32.1. The standard InChI is InChI=1S/C17H31N7O6S/c18-9(3-1-5-21-17(19)20)13(26)22-10(7-25)14(27)23-11(8-31)15(28)24-6-2-4-12(24)16(29)30/h9-12,25,31H,1-8,18H2,(H,22,26)(H,23,27)(H,29,30)(H4,19,20,21). The van der Waals surface area contributed by atoms with Gasteiger partial charge in [0.1, 0.15) is 18.1 Å². The van der Waals surface area contributed by atoms with Crippen molar-refractivity contribution in [1.29, 1.82) is 0 Å². The molecule has 1 rings (SSSR count). The molecule has 0 saturated carbocycles. The number of nitrogens with two attached hydrogens (primary N) is 3. The van der Waals surface area contributed by atoms with Gasteiger partial charge in [-0.25, -0.2) is 4.79 Å². The molecular formula is C17H31N7O6S. The van der Waals surface area contributed by atoms with Gasteiger partial charge in [0.25, 0.3) is 0 Å². The van der Waals surface area contributed by atoms with Gasteiger partial charge in [0.05, 0.1) is 12.6 Å². The maximum atomic E-state index is 12.7. The fraction of sp³-hybridized carbons (Fsp3) is 0.706. The Kier molecular flexibility index (Phi) is 11.1. The Balaban J connectivity index is 2.65. The van der Waals surface area contributed by atoms with Crippen LogP contribution in [0.5, 0.6) is 0 Å². The molecule has 1 aliphatic rings. The second kappa shape index (κ2) is 13.0. The molecule has 176 valence electrons. The third-order valence-electron chi connectivity index (χ3n) is 4.74. The molecule has 10 N–H and O–H groups in total. The summed E-state index contributed by atoms with van der Waals surface area (Å²) in [5, 5.41) is 23.5. The monoisotopic (exact) mass is 461 g/mol. The second-order valence-corrected chi connectivity index (χ2v) is 7.44. The van der Waals surface area contributed by atoms with E-state index in [9.17, 15) is 29.4 Å². The lowest BCUT2D eigenvalue weighted by molar-refractivity contribution is -0.149. The van der Waals surface area contributed by atoms with Crippen molar-refractivity contribution in [2.45, 2.75) is 49.9 Å². The largest absolute Gasteiger partial charge is 0.480 e. The van der Waals surface area contributed by atoms with Crippen LogP contribution in [0, 0.1) is 0 Å². The van der Waals surface area contributed by atoms with Crippen LogP contribution in [0.2, 0.25) is 0 Å². The van der Waals surface area contributed by atoms with E-state index in [4.69, 9.17) is 17.2 Å². The van der Waals surface area contributed by atoms with Gasteiger partial charge in [-0.05, 0) is 25.7 Å². The summed E-state index contributed by atoms with van der Waals surface area (Å²) in [5.74, 6) is -3.37. The summed E-state index contributed by atoms with van der Waals surface area (Å²) >= 11 is 4.06. The maximum Gasteiger partial charge on any atom is 0.326 e. The lowest BCUT2D eigenvalue weighted by Gasteiger charge is -2.27. The van der Waals surface area contributed by atoms with Gasteiger partial charge >= 0.3 is 5.97 Å². The summed E-state index contributed by atoms with van der Waals surface area (Å²) in [5.41, 5.74) is 16.2. The van der Waals surface area contributed by atoms with Crippen LogP contribution in [0.4, 0.5) is 0 Å². The minimum Gasteiger partial charge on any atom is -0.480 e. The Labute approximate surface area is 185 Å². The first-order valence-corrected chi connectivity index (χ1v) is 10.4. The zero-order valence-electron chi connectivity index (χ0n) is 17.1. The smallest absolute Gasteiger partial charge is 0.326 e. The molecule has 4 atom stereocenters. The van der Waals surface area contributed by atoms with E-state index in [1.54, 1.807) is 0 Å². The number of carboxylic acids is 1. The second-order valence-electron chi connectivity index (χ2n) is 7.07. The SMILES string of the molecule is NC(N)=NCCCC(N)C(=O)NC(CO)C(=O)NC(CS)C(=O)N1CCCC1C(=O)O. The molecule has 0 aliphatic carbocycles. The zero-order valence-corrected chi connectivity index (χ0v) is 18.0. The number of guanidine groups is 1. The van der Waals surface area contributed by atoms with E-state index in [2.05, 4.69) is 28.3 Å². The third-order valence-corrected chi connectivity index (χ3v) is 5.10. The average Bonchev–Trinajstić information content (AvgIpc) is 3.22. The Morgan fingerprint density at radius 3 is 2.35 bits per heavy atom. The molecule has 1 aliphatic heterocycles. The van der Waals surface area contributed by atoms with Crippen LogP contribution < -0.4 is 27.8 Å². The van der Waals surface area contributed by atoms with Crippen molar-refractivity contribution in [3.63, 3.8) is 0 Å². The number of aliphatic hydroxyl groups excluding tert-OH is 1. The number of aliphatic carboxylic acids is 1. The molecule has 0 spiro atoms. The number of aliphatic imine (C=N–C) groups is 1. The molecule has 3 amide bonds.